The molecule has 0 fully saturated rings. The van der Waals surface area contributed by atoms with Gasteiger partial charge in [-0.1, -0.05) is 23.7 Å². The molecule has 0 spiro atoms. The molecule has 1 heterocycles. The predicted octanol–water partition coefficient (Wildman–Crippen LogP) is 5.15. The van der Waals surface area contributed by atoms with Crippen LogP contribution in [0.2, 0.25) is 5.02 Å². The summed E-state index contributed by atoms with van der Waals surface area (Å²) in [5, 5.41) is 11.3. The van der Waals surface area contributed by atoms with Gasteiger partial charge in [-0.05, 0) is 61.5 Å². The number of nitrogens with one attached hydrogen (secondary N) is 2. The van der Waals surface area contributed by atoms with Crippen LogP contribution in [0.1, 0.15) is 16.7 Å². The zero-order chi connectivity index (χ0) is 18.7. The fraction of sp³-hybridized carbons (Fsp3) is 0.158. The van der Waals surface area contributed by atoms with Gasteiger partial charge in [-0.15, -0.1) is 0 Å². The lowest BCUT2D eigenvalue weighted by Gasteiger charge is -2.10. The minimum atomic E-state index is -0.352. The van der Waals surface area contributed by atoms with Gasteiger partial charge in [0.1, 0.15) is 5.82 Å². The van der Waals surface area contributed by atoms with Crippen molar-refractivity contribution >= 4 is 40.3 Å². The van der Waals surface area contributed by atoms with Crippen LogP contribution in [0.25, 0.3) is 0 Å². The van der Waals surface area contributed by atoms with E-state index in [1.54, 1.807) is 29.2 Å². The molecule has 0 aliphatic heterocycles. The summed E-state index contributed by atoms with van der Waals surface area (Å²) < 4.78 is 15.5. The van der Waals surface area contributed by atoms with Gasteiger partial charge in [-0.3, -0.25) is 4.68 Å². The molecule has 2 N–H and O–H groups in total. The van der Waals surface area contributed by atoms with Crippen LogP contribution in [0, 0.1) is 19.7 Å². The van der Waals surface area contributed by atoms with E-state index in [0.717, 1.165) is 16.8 Å². The number of nitrogens with zero attached hydrogens (tertiary/aromatic N) is 2. The van der Waals surface area contributed by atoms with E-state index >= 15 is 0 Å². The monoisotopic (exact) mass is 388 g/mol. The van der Waals surface area contributed by atoms with Crippen molar-refractivity contribution in [2.24, 2.45) is 0 Å². The van der Waals surface area contributed by atoms with Gasteiger partial charge in [-0.2, -0.15) is 5.10 Å². The highest BCUT2D eigenvalue weighted by molar-refractivity contribution is 7.80. The van der Waals surface area contributed by atoms with Crippen molar-refractivity contribution in [2.45, 2.75) is 20.4 Å². The normalized spacial score (nSPS) is 10.6. The van der Waals surface area contributed by atoms with Crippen molar-refractivity contribution in [1.82, 2.24) is 9.78 Å². The molecule has 0 saturated carbocycles. The molecule has 0 aliphatic carbocycles. The second-order valence-corrected chi connectivity index (χ2v) is 6.90. The van der Waals surface area contributed by atoms with Gasteiger partial charge < -0.3 is 10.6 Å². The lowest BCUT2D eigenvalue weighted by atomic mass is 10.1. The third kappa shape index (κ3) is 4.59. The Labute approximate surface area is 162 Å². The Balaban J connectivity index is 1.65. The number of hydrogen-bond donors (Lipinski definition) is 2. The molecule has 0 saturated heterocycles. The smallest absolute Gasteiger partial charge is 0.175 e. The summed E-state index contributed by atoms with van der Waals surface area (Å²) in [7, 11) is 0. The summed E-state index contributed by atoms with van der Waals surface area (Å²) in [6, 6.07) is 10.8. The van der Waals surface area contributed by atoms with E-state index in [-0.39, 0.29) is 12.4 Å². The van der Waals surface area contributed by atoms with Gasteiger partial charge in [0.15, 0.2) is 5.11 Å². The summed E-state index contributed by atoms with van der Waals surface area (Å²) in [5.74, 6) is -0.352. The third-order valence-corrected chi connectivity index (χ3v) is 4.31. The molecule has 7 heteroatoms. The molecule has 3 aromatic rings. The zero-order valence-corrected chi connectivity index (χ0v) is 16.0. The molecule has 0 atom stereocenters. The van der Waals surface area contributed by atoms with Crippen molar-refractivity contribution in [3.05, 3.63) is 76.3 Å². The number of anilines is 2. The minimum Gasteiger partial charge on any atom is -0.332 e. The Morgan fingerprint density at radius 1 is 1.15 bits per heavy atom. The first kappa shape index (κ1) is 18.4. The quantitative estimate of drug-likeness (QED) is 0.606. The van der Waals surface area contributed by atoms with Crippen molar-refractivity contribution in [1.29, 1.82) is 0 Å². The fourth-order valence-electron chi connectivity index (χ4n) is 2.70. The van der Waals surface area contributed by atoms with Crippen LogP contribution in [0.15, 0.2) is 48.8 Å². The highest BCUT2D eigenvalue weighted by atomic mass is 35.5. The topological polar surface area (TPSA) is 41.9 Å². The predicted molar refractivity (Wildman–Crippen MR) is 108 cm³/mol. The van der Waals surface area contributed by atoms with E-state index in [0.29, 0.717) is 21.4 Å². The van der Waals surface area contributed by atoms with E-state index in [1.165, 1.54) is 6.07 Å². The van der Waals surface area contributed by atoms with Gasteiger partial charge in [0, 0.05) is 22.5 Å². The van der Waals surface area contributed by atoms with Crippen LogP contribution in [-0.4, -0.2) is 14.9 Å². The van der Waals surface area contributed by atoms with E-state index in [9.17, 15) is 4.39 Å². The molecule has 0 bridgehead atoms. The highest BCUT2D eigenvalue weighted by Crippen LogP contribution is 2.20. The molecule has 1 aromatic heterocycles. The van der Waals surface area contributed by atoms with E-state index in [2.05, 4.69) is 21.8 Å². The van der Waals surface area contributed by atoms with Crippen LogP contribution < -0.4 is 10.6 Å². The first-order valence-corrected chi connectivity index (χ1v) is 8.81. The van der Waals surface area contributed by atoms with Crippen molar-refractivity contribution in [2.75, 3.05) is 10.6 Å². The Morgan fingerprint density at radius 3 is 2.54 bits per heavy atom. The van der Waals surface area contributed by atoms with Crippen LogP contribution in [-0.2, 0) is 6.54 Å². The molecule has 0 amide bonds. The standard InChI is InChI=1S/C19H18ClFN4S/c1-12-6-13(2)8-14(7-12)23-19(26)24-15-9-22-25(10-15)11-16-17(20)4-3-5-18(16)21/h3-10H,11H2,1-2H3,(H2,23,24,26). The maximum Gasteiger partial charge on any atom is 0.175 e. The number of rotatable bonds is 4. The average molecular weight is 389 g/mol. The molecular weight excluding hydrogens is 371 g/mol. The van der Waals surface area contributed by atoms with Crippen LogP contribution >= 0.6 is 23.8 Å². The summed E-state index contributed by atoms with van der Waals surface area (Å²) in [5.41, 5.74) is 4.35. The van der Waals surface area contributed by atoms with E-state index in [4.69, 9.17) is 23.8 Å². The Kier molecular flexibility index (Phi) is 5.54. The lowest BCUT2D eigenvalue weighted by molar-refractivity contribution is 0.585. The first-order valence-electron chi connectivity index (χ1n) is 8.02. The molecule has 0 unspecified atom stereocenters. The lowest BCUT2D eigenvalue weighted by Crippen LogP contribution is -2.18. The molecule has 2 aromatic carbocycles. The third-order valence-electron chi connectivity index (χ3n) is 3.75. The van der Waals surface area contributed by atoms with E-state index in [1.807, 2.05) is 26.0 Å². The van der Waals surface area contributed by atoms with Gasteiger partial charge >= 0.3 is 0 Å². The summed E-state index contributed by atoms with van der Waals surface area (Å²) in [4.78, 5) is 0. The first-order chi connectivity index (χ1) is 12.4. The van der Waals surface area contributed by atoms with Crippen LogP contribution in [0.5, 0.6) is 0 Å². The largest absolute Gasteiger partial charge is 0.332 e. The number of aromatic nitrogens is 2. The second kappa shape index (κ2) is 7.85. The zero-order valence-electron chi connectivity index (χ0n) is 14.4. The molecule has 134 valence electrons. The minimum absolute atomic E-state index is 0.241. The van der Waals surface area contributed by atoms with Gasteiger partial charge in [-0.25, -0.2) is 4.39 Å². The molecule has 0 radical (unpaired) electrons. The molecular formula is C19H18ClFN4S. The number of benzene rings is 2. The van der Waals surface area contributed by atoms with Crippen molar-refractivity contribution < 1.29 is 4.39 Å². The van der Waals surface area contributed by atoms with Crippen LogP contribution in [0.3, 0.4) is 0 Å². The molecule has 4 nitrogen and oxygen atoms in total. The molecule has 0 aliphatic rings. The van der Waals surface area contributed by atoms with E-state index < -0.39 is 0 Å². The van der Waals surface area contributed by atoms with Crippen LogP contribution in [0.4, 0.5) is 15.8 Å². The number of thiocarbonyl (C=S) groups is 1. The second-order valence-electron chi connectivity index (χ2n) is 6.08. The Morgan fingerprint density at radius 2 is 1.85 bits per heavy atom. The highest BCUT2D eigenvalue weighted by Gasteiger charge is 2.09. The summed E-state index contributed by atoms with van der Waals surface area (Å²) >= 11 is 11.4. The number of aryl methyl sites for hydroxylation is 2. The Bertz CT molecular complexity index is 914. The van der Waals surface area contributed by atoms with Gasteiger partial charge in [0.2, 0.25) is 0 Å². The maximum absolute atomic E-state index is 13.9. The van der Waals surface area contributed by atoms with Gasteiger partial charge in [0.05, 0.1) is 18.4 Å². The van der Waals surface area contributed by atoms with Crippen molar-refractivity contribution in [3.63, 3.8) is 0 Å². The fourth-order valence-corrected chi connectivity index (χ4v) is 3.16. The maximum atomic E-state index is 13.9. The average Bonchev–Trinajstić information content (AvgIpc) is 2.97. The number of halogens is 2. The number of hydrogen-bond acceptors (Lipinski definition) is 2. The van der Waals surface area contributed by atoms with Crippen molar-refractivity contribution in [3.8, 4) is 0 Å². The van der Waals surface area contributed by atoms with Gasteiger partial charge in [0.25, 0.3) is 0 Å². The Hall–Kier alpha value is -2.44. The molecule has 3 rings (SSSR count). The summed E-state index contributed by atoms with van der Waals surface area (Å²) in [6.45, 7) is 4.31. The molecule has 26 heavy (non-hydrogen) atoms. The SMILES string of the molecule is Cc1cc(C)cc(NC(=S)Nc2cnn(Cc3c(F)cccc3Cl)c2)c1. The summed E-state index contributed by atoms with van der Waals surface area (Å²) in [6.07, 6.45) is 3.38.